The summed E-state index contributed by atoms with van der Waals surface area (Å²) in [4.78, 5) is 8.63. The normalized spacial score (nSPS) is 10.9. The zero-order chi connectivity index (χ0) is 11.8. The van der Waals surface area contributed by atoms with Gasteiger partial charge in [-0.15, -0.1) is 11.3 Å². The van der Waals surface area contributed by atoms with Crippen molar-refractivity contribution in [3.8, 4) is 10.6 Å². The number of thiazole rings is 1. The lowest BCUT2D eigenvalue weighted by atomic mass is 10.1. The summed E-state index contributed by atoms with van der Waals surface area (Å²) < 4.78 is 1.15. The SMILES string of the molecule is Cc1ccc(-c2nc3cnccc3s2)cc1N. The van der Waals surface area contributed by atoms with Crippen LogP contribution in [0.2, 0.25) is 0 Å². The zero-order valence-electron chi connectivity index (χ0n) is 9.34. The van der Waals surface area contributed by atoms with Gasteiger partial charge in [0.2, 0.25) is 0 Å². The largest absolute Gasteiger partial charge is 0.398 e. The van der Waals surface area contributed by atoms with Crippen LogP contribution < -0.4 is 5.73 Å². The molecule has 0 spiro atoms. The molecular formula is C13H11N3S. The van der Waals surface area contributed by atoms with E-state index < -0.39 is 0 Å². The zero-order valence-corrected chi connectivity index (χ0v) is 10.2. The number of rotatable bonds is 1. The number of pyridine rings is 1. The highest BCUT2D eigenvalue weighted by Gasteiger charge is 2.06. The molecule has 3 aromatic rings. The summed E-state index contributed by atoms with van der Waals surface area (Å²) in [5.41, 5.74) is 9.82. The lowest BCUT2D eigenvalue weighted by Gasteiger charge is -2.01. The molecule has 0 bridgehead atoms. The molecule has 0 aliphatic rings. The van der Waals surface area contributed by atoms with Gasteiger partial charge in [-0.2, -0.15) is 0 Å². The van der Waals surface area contributed by atoms with Crippen molar-refractivity contribution >= 4 is 27.2 Å². The Kier molecular flexibility index (Phi) is 2.30. The Morgan fingerprint density at radius 3 is 2.88 bits per heavy atom. The predicted octanol–water partition coefficient (Wildman–Crippen LogP) is 3.25. The average molecular weight is 241 g/mol. The first kappa shape index (κ1) is 10.2. The first-order valence-electron chi connectivity index (χ1n) is 5.31. The molecule has 84 valence electrons. The Hall–Kier alpha value is -1.94. The number of nitrogen functional groups attached to an aromatic ring is 1. The van der Waals surface area contributed by atoms with E-state index in [0.717, 1.165) is 32.0 Å². The van der Waals surface area contributed by atoms with Crippen LogP contribution in [0.1, 0.15) is 5.56 Å². The highest BCUT2D eigenvalue weighted by molar-refractivity contribution is 7.21. The Morgan fingerprint density at radius 1 is 1.24 bits per heavy atom. The van der Waals surface area contributed by atoms with Gasteiger partial charge in [0.1, 0.15) is 10.5 Å². The van der Waals surface area contributed by atoms with Crippen molar-refractivity contribution < 1.29 is 0 Å². The maximum absolute atomic E-state index is 5.92. The molecular weight excluding hydrogens is 230 g/mol. The molecule has 0 amide bonds. The number of nitrogens with two attached hydrogens (primary N) is 1. The van der Waals surface area contributed by atoms with Gasteiger partial charge in [-0.05, 0) is 24.6 Å². The molecule has 17 heavy (non-hydrogen) atoms. The highest BCUT2D eigenvalue weighted by Crippen LogP contribution is 2.31. The summed E-state index contributed by atoms with van der Waals surface area (Å²) in [5, 5.41) is 0.986. The maximum Gasteiger partial charge on any atom is 0.124 e. The summed E-state index contributed by atoms with van der Waals surface area (Å²) >= 11 is 1.66. The van der Waals surface area contributed by atoms with Gasteiger partial charge in [0.15, 0.2) is 0 Å². The van der Waals surface area contributed by atoms with E-state index in [1.54, 1.807) is 23.7 Å². The average Bonchev–Trinajstić information content (AvgIpc) is 2.76. The van der Waals surface area contributed by atoms with Gasteiger partial charge in [-0.3, -0.25) is 4.98 Å². The smallest absolute Gasteiger partial charge is 0.124 e. The predicted molar refractivity (Wildman–Crippen MR) is 72.0 cm³/mol. The molecule has 0 aliphatic carbocycles. The molecule has 1 aromatic carbocycles. The van der Waals surface area contributed by atoms with Gasteiger partial charge in [-0.25, -0.2) is 4.98 Å². The molecule has 0 unspecified atom stereocenters. The summed E-state index contributed by atoms with van der Waals surface area (Å²) in [5.74, 6) is 0. The van der Waals surface area contributed by atoms with Crippen LogP contribution in [-0.4, -0.2) is 9.97 Å². The van der Waals surface area contributed by atoms with E-state index in [1.165, 1.54) is 0 Å². The van der Waals surface area contributed by atoms with E-state index in [-0.39, 0.29) is 0 Å². The van der Waals surface area contributed by atoms with Gasteiger partial charge in [0, 0.05) is 17.4 Å². The third-order valence-electron chi connectivity index (χ3n) is 2.72. The van der Waals surface area contributed by atoms with Crippen molar-refractivity contribution in [3.63, 3.8) is 0 Å². The van der Waals surface area contributed by atoms with Crippen molar-refractivity contribution in [3.05, 3.63) is 42.2 Å². The molecule has 3 nitrogen and oxygen atoms in total. The lowest BCUT2D eigenvalue weighted by molar-refractivity contribution is 1.34. The molecule has 2 N–H and O–H groups in total. The fraction of sp³-hybridized carbons (Fsp3) is 0.0769. The molecule has 2 aromatic heterocycles. The minimum absolute atomic E-state index is 0.805. The lowest BCUT2D eigenvalue weighted by Crippen LogP contribution is -1.89. The second-order valence-electron chi connectivity index (χ2n) is 3.93. The molecule has 4 heteroatoms. The van der Waals surface area contributed by atoms with Gasteiger partial charge in [0.25, 0.3) is 0 Å². The van der Waals surface area contributed by atoms with Gasteiger partial charge < -0.3 is 5.73 Å². The number of benzene rings is 1. The summed E-state index contributed by atoms with van der Waals surface area (Å²) in [6.45, 7) is 2.00. The number of nitrogens with zero attached hydrogens (tertiary/aromatic N) is 2. The fourth-order valence-electron chi connectivity index (χ4n) is 1.68. The Bertz CT molecular complexity index is 655. The molecule has 2 heterocycles. The van der Waals surface area contributed by atoms with Crippen molar-refractivity contribution in [2.24, 2.45) is 0 Å². The summed E-state index contributed by atoms with van der Waals surface area (Å²) in [6.07, 6.45) is 3.57. The number of aryl methyl sites for hydroxylation is 1. The van der Waals surface area contributed by atoms with Gasteiger partial charge >= 0.3 is 0 Å². The van der Waals surface area contributed by atoms with E-state index in [2.05, 4.69) is 16.0 Å². The number of fused-ring (bicyclic) bond motifs is 1. The number of anilines is 1. The molecule has 0 saturated heterocycles. The van der Waals surface area contributed by atoms with E-state index >= 15 is 0 Å². The van der Waals surface area contributed by atoms with Crippen LogP contribution in [0.4, 0.5) is 5.69 Å². The van der Waals surface area contributed by atoms with E-state index in [1.807, 2.05) is 25.1 Å². The molecule has 3 rings (SSSR count). The molecule has 0 aliphatic heterocycles. The Morgan fingerprint density at radius 2 is 2.12 bits per heavy atom. The van der Waals surface area contributed by atoms with E-state index in [4.69, 9.17) is 5.73 Å². The Labute approximate surface area is 103 Å². The Balaban J connectivity index is 2.17. The topological polar surface area (TPSA) is 51.8 Å². The minimum atomic E-state index is 0.805. The number of aromatic nitrogens is 2. The van der Waals surface area contributed by atoms with Gasteiger partial charge in [0.05, 0.1) is 10.9 Å². The van der Waals surface area contributed by atoms with Crippen LogP contribution in [-0.2, 0) is 0 Å². The molecule has 0 atom stereocenters. The standard InChI is InChI=1S/C13H11N3S/c1-8-2-3-9(6-10(8)14)13-16-11-7-15-5-4-12(11)17-13/h2-7H,14H2,1H3. The van der Waals surface area contributed by atoms with Crippen LogP contribution in [0.25, 0.3) is 20.8 Å². The summed E-state index contributed by atoms with van der Waals surface area (Å²) in [7, 11) is 0. The quantitative estimate of drug-likeness (QED) is 0.665. The van der Waals surface area contributed by atoms with Gasteiger partial charge in [-0.1, -0.05) is 12.1 Å². The number of hydrogen-bond acceptors (Lipinski definition) is 4. The second kappa shape index (κ2) is 3.82. The summed E-state index contributed by atoms with van der Waals surface area (Å²) in [6, 6.07) is 8.03. The van der Waals surface area contributed by atoms with E-state index in [9.17, 15) is 0 Å². The van der Waals surface area contributed by atoms with Crippen molar-refractivity contribution in [2.45, 2.75) is 6.92 Å². The van der Waals surface area contributed by atoms with Crippen molar-refractivity contribution in [1.82, 2.24) is 9.97 Å². The third-order valence-corrected chi connectivity index (χ3v) is 3.80. The fourth-order valence-corrected chi connectivity index (χ4v) is 2.61. The van der Waals surface area contributed by atoms with Crippen molar-refractivity contribution in [2.75, 3.05) is 5.73 Å². The van der Waals surface area contributed by atoms with Crippen LogP contribution in [0.3, 0.4) is 0 Å². The number of hydrogen-bond donors (Lipinski definition) is 1. The monoisotopic (exact) mass is 241 g/mol. The second-order valence-corrected chi connectivity index (χ2v) is 4.96. The highest BCUT2D eigenvalue weighted by atomic mass is 32.1. The van der Waals surface area contributed by atoms with Crippen LogP contribution in [0.5, 0.6) is 0 Å². The first-order chi connectivity index (χ1) is 8.24. The molecule has 0 saturated carbocycles. The maximum atomic E-state index is 5.92. The van der Waals surface area contributed by atoms with Crippen LogP contribution in [0.15, 0.2) is 36.7 Å². The van der Waals surface area contributed by atoms with Crippen LogP contribution in [0, 0.1) is 6.92 Å². The van der Waals surface area contributed by atoms with Crippen LogP contribution >= 0.6 is 11.3 Å². The minimum Gasteiger partial charge on any atom is -0.398 e. The third kappa shape index (κ3) is 1.76. The van der Waals surface area contributed by atoms with Crippen molar-refractivity contribution in [1.29, 1.82) is 0 Å². The van der Waals surface area contributed by atoms with E-state index in [0.29, 0.717) is 0 Å². The molecule has 0 fully saturated rings. The first-order valence-corrected chi connectivity index (χ1v) is 6.13. The molecule has 0 radical (unpaired) electrons.